The van der Waals surface area contributed by atoms with Crippen molar-refractivity contribution in [2.45, 2.75) is 56.9 Å². The van der Waals surface area contributed by atoms with Gasteiger partial charge < -0.3 is 18.9 Å². The third-order valence-electron chi connectivity index (χ3n) is 9.72. The third-order valence-corrected chi connectivity index (χ3v) is 9.72. The molecule has 1 amide bonds. The van der Waals surface area contributed by atoms with Gasteiger partial charge in [0, 0.05) is 42.0 Å². The zero-order chi connectivity index (χ0) is 26.7. The van der Waals surface area contributed by atoms with E-state index in [1.165, 1.54) is 67.0 Å². The van der Waals surface area contributed by atoms with Crippen molar-refractivity contribution < 1.29 is 19.1 Å². The summed E-state index contributed by atoms with van der Waals surface area (Å²) in [5.41, 5.74) is 7.31. The molecule has 2 unspecified atom stereocenters. The predicted molar refractivity (Wildman–Crippen MR) is 152 cm³/mol. The van der Waals surface area contributed by atoms with E-state index in [1.54, 1.807) is 0 Å². The maximum atomic E-state index is 14.3. The molecule has 0 bridgehead atoms. The Hall–Kier alpha value is -3.38. The van der Waals surface area contributed by atoms with E-state index in [2.05, 4.69) is 35.4 Å². The zero-order valence-corrected chi connectivity index (χ0v) is 22.7. The summed E-state index contributed by atoms with van der Waals surface area (Å²) in [6, 6.07) is 12.7. The topological polar surface area (TPSA) is 60.8 Å². The minimum absolute atomic E-state index is 0.167. The van der Waals surface area contributed by atoms with Crippen molar-refractivity contribution in [3.8, 4) is 11.3 Å². The van der Waals surface area contributed by atoms with Gasteiger partial charge in [-0.3, -0.25) is 4.79 Å². The van der Waals surface area contributed by atoms with E-state index in [0.717, 1.165) is 17.5 Å². The smallest absolute Gasteiger partial charge is 0.337 e. The predicted octanol–water partition coefficient (Wildman–Crippen LogP) is 6.13. The molecule has 0 radical (unpaired) electrons. The van der Waals surface area contributed by atoms with Crippen LogP contribution in [0.5, 0.6) is 0 Å². The van der Waals surface area contributed by atoms with Gasteiger partial charge in [0.1, 0.15) is 0 Å². The quantitative estimate of drug-likeness (QED) is 0.385. The molecular formula is C33H36N2O4. The fourth-order valence-electron chi connectivity index (χ4n) is 7.65. The lowest BCUT2D eigenvalue weighted by Crippen LogP contribution is -2.45. The molecule has 0 spiro atoms. The number of nitrogens with zero attached hydrogens (tertiary/aromatic N) is 2. The Labute approximate surface area is 229 Å². The van der Waals surface area contributed by atoms with Gasteiger partial charge in [0.25, 0.3) is 0 Å². The number of hydrogen-bond acceptors (Lipinski definition) is 4. The Bertz CT molecular complexity index is 1490. The number of fused-ring (bicyclic) bond motifs is 7. The molecule has 1 aromatic heterocycles. The molecule has 2 aromatic carbocycles. The van der Waals surface area contributed by atoms with Gasteiger partial charge in [-0.1, -0.05) is 56.2 Å². The summed E-state index contributed by atoms with van der Waals surface area (Å²) in [5.74, 6) is 0.540. The number of benzene rings is 2. The molecule has 3 fully saturated rings. The lowest BCUT2D eigenvalue weighted by molar-refractivity contribution is -0.141. The normalized spacial score (nSPS) is 24.3. The number of amides is 1. The van der Waals surface area contributed by atoms with Crippen LogP contribution >= 0.6 is 0 Å². The molecule has 6 nitrogen and oxygen atoms in total. The van der Waals surface area contributed by atoms with Crippen molar-refractivity contribution in [1.82, 2.24) is 9.47 Å². The van der Waals surface area contributed by atoms with E-state index in [1.807, 2.05) is 23.1 Å². The maximum absolute atomic E-state index is 14.3. The third kappa shape index (κ3) is 3.79. The largest absolute Gasteiger partial charge is 0.465 e. The summed E-state index contributed by atoms with van der Waals surface area (Å²) in [7, 11) is 1.43. The highest BCUT2D eigenvalue weighted by molar-refractivity contribution is 6.00. The number of esters is 1. The summed E-state index contributed by atoms with van der Waals surface area (Å²) in [4.78, 5) is 28.9. The molecule has 2 aliphatic carbocycles. The zero-order valence-electron chi connectivity index (χ0n) is 22.7. The van der Waals surface area contributed by atoms with Crippen molar-refractivity contribution in [3.63, 3.8) is 0 Å². The van der Waals surface area contributed by atoms with Crippen LogP contribution in [0.15, 0.2) is 43.0 Å². The van der Waals surface area contributed by atoms with Crippen molar-refractivity contribution in [1.29, 1.82) is 0 Å². The number of rotatable bonds is 4. The van der Waals surface area contributed by atoms with E-state index in [4.69, 9.17) is 9.47 Å². The van der Waals surface area contributed by atoms with Gasteiger partial charge in [-0.05, 0) is 54.0 Å². The van der Waals surface area contributed by atoms with Crippen LogP contribution in [0.4, 0.5) is 0 Å². The fraction of sp³-hybridized carbons (Fsp3) is 0.455. The van der Waals surface area contributed by atoms with Gasteiger partial charge in [0.15, 0.2) is 0 Å². The molecule has 39 heavy (non-hydrogen) atoms. The SMILES string of the molecule is C=Cc1ccc2c(c1)C1CC1(C(=O)N1CCOCC1)Cn1c-2c(C2CCCCC2)c2ccc(C(=O)OC)cc21. The lowest BCUT2D eigenvalue weighted by atomic mass is 9.81. The van der Waals surface area contributed by atoms with Crippen LogP contribution in [-0.2, 0) is 20.8 Å². The minimum Gasteiger partial charge on any atom is -0.465 e. The molecule has 202 valence electrons. The van der Waals surface area contributed by atoms with E-state index < -0.39 is 5.41 Å². The molecule has 3 aromatic rings. The number of ether oxygens (including phenoxy) is 2. The van der Waals surface area contributed by atoms with Crippen LogP contribution in [0.25, 0.3) is 28.2 Å². The first-order chi connectivity index (χ1) is 19.1. The highest BCUT2D eigenvalue weighted by Crippen LogP contribution is 2.66. The second-order valence-electron chi connectivity index (χ2n) is 11.8. The Morgan fingerprint density at radius 1 is 1.08 bits per heavy atom. The molecule has 2 aliphatic heterocycles. The Balaban J connectivity index is 1.49. The van der Waals surface area contributed by atoms with E-state index in [-0.39, 0.29) is 17.8 Å². The summed E-state index contributed by atoms with van der Waals surface area (Å²) in [5, 5.41) is 1.20. The highest BCUT2D eigenvalue weighted by atomic mass is 16.5. The average molecular weight is 525 g/mol. The number of methoxy groups -OCH3 is 1. The second-order valence-corrected chi connectivity index (χ2v) is 11.8. The molecule has 6 heteroatoms. The summed E-state index contributed by atoms with van der Waals surface area (Å²) < 4.78 is 13.1. The molecule has 3 heterocycles. The fourth-order valence-corrected chi connectivity index (χ4v) is 7.65. The molecule has 2 atom stereocenters. The van der Waals surface area contributed by atoms with Crippen molar-refractivity contribution in [2.24, 2.45) is 5.41 Å². The standard InChI is InChI=1S/C33H36N2O4/c1-3-21-9-11-24-26(17-21)27-19-33(27,32(37)34-13-15-39-16-14-34)20-35-28-18-23(31(36)38-2)10-12-25(28)29(30(24)35)22-7-5-4-6-8-22/h3,9-12,17-18,22,27H,1,4-8,13-16,19-20H2,2H3. The van der Waals surface area contributed by atoms with Crippen molar-refractivity contribution in [3.05, 3.63) is 65.2 Å². The number of aromatic nitrogens is 1. The van der Waals surface area contributed by atoms with Gasteiger partial charge >= 0.3 is 5.97 Å². The second kappa shape index (κ2) is 9.37. The Morgan fingerprint density at radius 2 is 1.87 bits per heavy atom. The number of carbonyl (C=O) groups excluding carboxylic acids is 2. The van der Waals surface area contributed by atoms with Crippen LogP contribution in [-0.4, -0.2) is 54.8 Å². The minimum atomic E-state index is -0.492. The van der Waals surface area contributed by atoms with Crippen molar-refractivity contribution in [2.75, 3.05) is 33.4 Å². The Kier molecular flexibility index (Phi) is 5.92. The summed E-state index contributed by atoms with van der Waals surface area (Å²) in [6.07, 6.45) is 8.85. The van der Waals surface area contributed by atoms with Crippen LogP contribution in [0, 0.1) is 5.41 Å². The van der Waals surface area contributed by atoms with Gasteiger partial charge in [-0.2, -0.15) is 0 Å². The first kappa shape index (κ1) is 24.6. The molecule has 2 saturated carbocycles. The first-order valence-corrected chi connectivity index (χ1v) is 14.4. The first-order valence-electron chi connectivity index (χ1n) is 14.4. The summed E-state index contributed by atoms with van der Waals surface area (Å²) in [6.45, 7) is 7.13. The number of hydrogen-bond donors (Lipinski definition) is 0. The van der Waals surface area contributed by atoms with Crippen LogP contribution in [0.3, 0.4) is 0 Å². The number of carbonyl (C=O) groups is 2. The maximum Gasteiger partial charge on any atom is 0.337 e. The molecule has 7 rings (SSSR count). The van der Waals surface area contributed by atoms with Crippen molar-refractivity contribution >= 4 is 28.9 Å². The number of morpholine rings is 1. The van der Waals surface area contributed by atoms with Gasteiger partial charge in [0.2, 0.25) is 5.91 Å². The Morgan fingerprint density at radius 3 is 2.62 bits per heavy atom. The van der Waals surface area contributed by atoms with E-state index in [9.17, 15) is 9.59 Å². The average Bonchev–Trinajstić information content (AvgIpc) is 3.67. The van der Waals surface area contributed by atoms with Crippen LogP contribution in [0.2, 0.25) is 0 Å². The molecule has 0 N–H and O–H groups in total. The van der Waals surface area contributed by atoms with Crippen LogP contribution < -0.4 is 0 Å². The molecule has 1 saturated heterocycles. The van der Waals surface area contributed by atoms with E-state index >= 15 is 0 Å². The molecular weight excluding hydrogens is 488 g/mol. The monoisotopic (exact) mass is 524 g/mol. The van der Waals surface area contributed by atoms with E-state index in [0.29, 0.717) is 44.3 Å². The van der Waals surface area contributed by atoms with Gasteiger partial charge in [-0.15, -0.1) is 0 Å². The van der Waals surface area contributed by atoms with Gasteiger partial charge in [0.05, 0.1) is 37.0 Å². The van der Waals surface area contributed by atoms with Gasteiger partial charge in [-0.25, -0.2) is 4.79 Å². The highest BCUT2D eigenvalue weighted by Gasteiger charge is 2.63. The lowest BCUT2D eigenvalue weighted by Gasteiger charge is -2.31. The summed E-state index contributed by atoms with van der Waals surface area (Å²) >= 11 is 0. The van der Waals surface area contributed by atoms with Crippen LogP contribution in [0.1, 0.15) is 77.4 Å². The molecule has 4 aliphatic rings.